The Labute approximate surface area is 180 Å². The lowest BCUT2D eigenvalue weighted by Gasteiger charge is -2.41. The summed E-state index contributed by atoms with van der Waals surface area (Å²) in [6.07, 6.45) is 6.39. The van der Waals surface area contributed by atoms with Gasteiger partial charge in [0.05, 0.1) is 30.5 Å². The molecule has 1 fully saturated rings. The van der Waals surface area contributed by atoms with Crippen molar-refractivity contribution in [3.63, 3.8) is 0 Å². The highest BCUT2D eigenvalue weighted by Gasteiger charge is 2.40. The van der Waals surface area contributed by atoms with Crippen molar-refractivity contribution >= 4 is 17.1 Å². The van der Waals surface area contributed by atoms with Crippen molar-refractivity contribution in [1.82, 2.24) is 15.4 Å². The second-order valence-electron chi connectivity index (χ2n) is 8.87. The summed E-state index contributed by atoms with van der Waals surface area (Å²) in [5, 5.41) is 16.9. The molecule has 160 valence electrons. The van der Waals surface area contributed by atoms with Crippen LogP contribution in [0.3, 0.4) is 0 Å². The number of carbonyl (C=O) groups is 1. The minimum absolute atomic E-state index is 0.00973. The number of aromatic nitrogens is 1. The number of nitrogens with one attached hydrogen (secondary N) is 1. The molecular weight excluding hydrogens is 394 g/mol. The van der Waals surface area contributed by atoms with Crippen LogP contribution >= 0.6 is 0 Å². The number of dihydropyridines is 1. The summed E-state index contributed by atoms with van der Waals surface area (Å²) in [5.41, 5.74) is 6.57. The number of aromatic carboxylic acids is 1. The molecule has 0 aliphatic carbocycles. The number of fused-ring (bicyclic) bond motifs is 1. The van der Waals surface area contributed by atoms with Crippen LogP contribution in [0, 0.1) is 19.3 Å². The van der Waals surface area contributed by atoms with Crippen LogP contribution in [0.4, 0.5) is 0 Å². The van der Waals surface area contributed by atoms with Crippen LogP contribution in [-0.4, -0.2) is 46.9 Å². The number of allylic oxidation sites excluding steroid dienone is 2. The molecule has 31 heavy (non-hydrogen) atoms. The summed E-state index contributed by atoms with van der Waals surface area (Å²) >= 11 is 0. The van der Waals surface area contributed by atoms with E-state index in [9.17, 15) is 9.90 Å². The number of hydrogen-bond acceptors (Lipinski definition) is 6. The quantitative estimate of drug-likeness (QED) is 0.766. The first-order valence-electron chi connectivity index (χ1n) is 10.4. The zero-order chi connectivity index (χ0) is 21.8. The van der Waals surface area contributed by atoms with E-state index < -0.39 is 5.97 Å². The van der Waals surface area contributed by atoms with Gasteiger partial charge in [-0.05, 0) is 37.6 Å². The van der Waals surface area contributed by atoms with E-state index in [4.69, 9.17) is 9.26 Å². The van der Waals surface area contributed by atoms with Crippen LogP contribution in [-0.2, 0) is 4.74 Å². The Balaban J connectivity index is 1.52. The van der Waals surface area contributed by atoms with Crippen LogP contribution in [0.1, 0.15) is 39.9 Å². The van der Waals surface area contributed by atoms with Crippen molar-refractivity contribution in [1.29, 1.82) is 0 Å². The number of benzene rings is 1. The summed E-state index contributed by atoms with van der Waals surface area (Å²) in [6.45, 7) is 8.46. The van der Waals surface area contributed by atoms with Crippen LogP contribution in [0.15, 0.2) is 53.0 Å². The molecule has 2 N–H and O–H groups in total. The molecule has 4 heterocycles. The number of nitrogens with zero attached hydrogens (tertiary/aromatic N) is 2. The Morgan fingerprint density at radius 3 is 2.61 bits per heavy atom. The van der Waals surface area contributed by atoms with Crippen molar-refractivity contribution in [2.24, 2.45) is 5.41 Å². The molecule has 1 unspecified atom stereocenters. The van der Waals surface area contributed by atoms with Gasteiger partial charge in [0.2, 0.25) is 0 Å². The van der Waals surface area contributed by atoms with Gasteiger partial charge in [0.1, 0.15) is 5.76 Å². The van der Waals surface area contributed by atoms with Gasteiger partial charge < -0.3 is 24.6 Å². The molecule has 0 radical (unpaired) electrons. The van der Waals surface area contributed by atoms with Gasteiger partial charge in [-0.3, -0.25) is 0 Å². The first kappa shape index (κ1) is 19.6. The van der Waals surface area contributed by atoms with E-state index in [2.05, 4.69) is 34.6 Å². The van der Waals surface area contributed by atoms with Crippen molar-refractivity contribution in [3.05, 3.63) is 76.6 Å². The predicted molar refractivity (Wildman–Crippen MR) is 116 cm³/mol. The zero-order valence-corrected chi connectivity index (χ0v) is 17.8. The molecule has 7 heteroatoms. The van der Waals surface area contributed by atoms with Crippen molar-refractivity contribution in [2.45, 2.75) is 26.8 Å². The molecule has 1 aromatic carbocycles. The summed E-state index contributed by atoms with van der Waals surface area (Å²) in [4.78, 5) is 13.5. The van der Waals surface area contributed by atoms with Gasteiger partial charge in [-0.15, -0.1) is 0 Å². The van der Waals surface area contributed by atoms with E-state index in [1.165, 1.54) is 0 Å². The topological polar surface area (TPSA) is 87.8 Å². The van der Waals surface area contributed by atoms with E-state index in [-0.39, 0.29) is 17.0 Å². The number of aryl methyl sites for hydroxylation is 2. The second-order valence-corrected chi connectivity index (χ2v) is 8.87. The molecule has 7 nitrogen and oxygen atoms in total. The SMILES string of the molecule is Cc1noc(C)c1C1=CNC2C(c3ccc(C(=O)O)cc3)=CN(CC3(C)COC3)C2=C1. The molecule has 3 aliphatic rings. The van der Waals surface area contributed by atoms with Crippen molar-refractivity contribution in [3.8, 4) is 0 Å². The average molecular weight is 419 g/mol. The maximum atomic E-state index is 11.2. The maximum absolute atomic E-state index is 11.2. The summed E-state index contributed by atoms with van der Waals surface area (Å²) in [5.74, 6) is -0.128. The van der Waals surface area contributed by atoms with Crippen molar-refractivity contribution in [2.75, 3.05) is 19.8 Å². The Kier molecular flexibility index (Phi) is 4.51. The van der Waals surface area contributed by atoms with Gasteiger partial charge in [-0.25, -0.2) is 4.79 Å². The zero-order valence-electron chi connectivity index (χ0n) is 17.8. The molecule has 0 amide bonds. The average Bonchev–Trinajstić information content (AvgIpc) is 3.26. The monoisotopic (exact) mass is 419 g/mol. The predicted octanol–water partition coefficient (Wildman–Crippen LogP) is 3.58. The molecule has 2 aromatic rings. The molecular formula is C24H25N3O4. The Hall–Kier alpha value is -3.32. The minimum atomic E-state index is -0.921. The smallest absolute Gasteiger partial charge is 0.335 e. The molecule has 0 bridgehead atoms. The molecule has 0 spiro atoms. The fourth-order valence-electron chi connectivity index (χ4n) is 4.53. The number of carboxylic acid groups (broad SMARTS) is 1. The van der Waals surface area contributed by atoms with E-state index in [0.29, 0.717) is 0 Å². The lowest BCUT2D eigenvalue weighted by Crippen LogP contribution is -2.47. The third kappa shape index (κ3) is 3.35. The molecule has 0 saturated carbocycles. The van der Waals surface area contributed by atoms with Gasteiger partial charge in [0, 0.05) is 46.8 Å². The Morgan fingerprint density at radius 2 is 2.03 bits per heavy atom. The highest BCUT2D eigenvalue weighted by atomic mass is 16.5. The van der Waals surface area contributed by atoms with E-state index in [1.54, 1.807) is 12.1 Å². The van der Waals surface area contributed by atoms with Crippen molar-refractivity contribution < 1.29 is 19.2 Å². The molecule has 1 saturated heterocycles. The fraction of sp³-hybridized carbons (Fsp3) is 0.333. The number of rotatable bonds is 5. The summed E-state index contributed by atoms with van der Waals surface area (Å²) < 4.78 is 10.8. The molecule has 5 rings (SSSR count). The Morgan fingerprint density at radius 1 is 1.29 bits per heavy atom. The lowest BCUT2D eigenvalue weighted by molar-refractivity contribution is -0.108. The molecule has 1 atom stereocenters. The van der Waals surface area contributed by atoms with Crippen LogP contribution in [0.5, 0.6) is 0 Å². The standard InChI is InChI=1S/C24H25N3O4/c1-14-21(15(2)31-26-14)18-8-20-22(25-9-18)19(10-27(20)11-24(3)12-30-13-24)16-4-6-17(7-5-16)23(28)29/h4-10,22,25H,11-13H2,1-3H3,(H,28,29). The van der Waals surface area contributed by atoms with Crippen LogP contribution < -0.4 is 5.32 Å². The fourth-order valence-corrected chi connectivity index (χ4v) is 4.53. The Bertz CT molecular complexity index is 1120. The highest BCUT2D eigenvalue weighted by Crippen LogP contribution is 2.40. The first-order chi connectivity index (χ1) is 14.8. The third-order valence-corrected chi connectivity index (χ3v) is 6.18. The molecule has 1 aromatic heterocycles. The van der Waals surface area contributed by atoms with Gasteiger partial charge in [0.15, 0.2) is 0 Å². The van der Waals surface area contributed by atoms with Gasteiger partial charge in [0.25, 0.3) is 0 Å². The van der Waals surface area contributed by atoms with E-state index >= 15 is 0 Å². The highest BCUT2D eigenvalue weighted by molar-refractivity contribution is 5.89. The number of hydrogen-bond donors (Lipinski definition) is 2. The largest absolute Gasteiger partial charge is 0.478 e. The maximum Gasteiger partial charge on any atom is 0.335 e. The molecule has 3 aliphatic heterocycles. The third-order valence-electron chi connectivity index (χ3n) is 6.18. The van der Waals surface area contributed by atoms with Crippen LogP contribution in [0.25, 0.3) is 11.1 Å². The van der Waals surface area contributed by atoms with Gasteiger partial charge >= 0.3 is 5.97 Å². The van der Waals surface area contributed by atoms with E-state index in [0.717, 1.165) is 59.2 Å². The second kappa shape index (κ2) is 7.13. The van der Waals surface area contributed by atoms with Gasteiger partial charge in [-0.1, -0.05) is 24.2 Å². The first-order valence-corrected chi connectivity index (χ1v) is 10.4. The minimum Gasteiger partial charge on any atom is -0.478 e. The summed E-state index contributed by atoms with van der Waals surface area (Å²) in [7, 11) is 0. The summed E-state index contributed by atoms with van der Waals surface area (Å²) in [6, 6.07) is 7.04. The number of ether oxygens (including phenoxy) is 1. The van der Waals surface area contributed by atoms with E-state index in [1.807, 2.05) is 32.2 Å². The van der Waals surface area contributed by atoms with Gasteiger partial charge in [-0.2, -0.15) is 0 Å². The van der Waals surface area contributed by atoms with Crippen LogP contribution in [0.2, 0.25) is 0 Å². The number of carboxylic acids is 1. The lowest BCUT2D eigenvalue weighted by atomic mass is 9.87. The normalized spacial score (nSPS) is 21.5.